The van der Waals surface area contributed by atoms with Gasteiger partial charge < -0.3 is 14.5 Å². The molecule has 4 aliphatic rings. The van der Waals surface area contributed by atoms with Gasteiger partial charge in [-0.2, -0.15) is 0 Å². The zero-order chi connectivity index (χ0) is 61.1. The van der Waals surface area contributed by atoms with E-state index in [1.54, 1.807) is 0 Å². The Hall–Kier alpha value is -11.5. The standard InChI is InChI=1S/C89H62N2O/c1-88(2)78-36-15-11-31-74(78)76-54-52-67(57-82(76)88)91(84-41-19-14-30-71(84)59-25-7-4-8-26-59)65-47-43-60(44-48-65)72-33-21-35-77-75-32-12-16-37-79(75)89(86(72)77)80-38-17-20-42-85(80)92-87-73(34-22-39-81(87)89)61-45-49-64(50-46-61)90(83-40-18-13-29-70(83)58-23-5-3-6-24-58)66-51-53-69-63(56-66)55-62-27-9-10-28-68(62)69/h3-54,56-57H,55H2,1-2H3. The Morgan fingerprint density at radius 3 is 1.36 bits per heavy atom. The highest BCUT2D eigenvalue weighted by molar-refractivity contribution is 5.98. The third-order valence-corrected chi connectivity index (χ3v) is 20.2. The fourth-order valence-corrected chi connectivity index (χ4v) is 16.0. The van der Waals surface area contributed by atoms with E-state index in [1.165, 1.54) is 94.6 Å². The highest BCUT2D eigenvalue weighted by Crippen LogP contribution is 2.65. The average Bonchev–Trinajstić information content (AvgIpc) is 1.46. The minimum absolute atomic E-state index is 0.166. The summed E-state index contributed by atoms with van der Waals surface area (Å²) in [7, 11) is 0. The van der Waals surface area contributed by atoms with Gasteiger partial charge in [0, 0.05) is 56.0 Å². The van der Waals surface area contributed by atoms with E-state index in [0.29, 0.717) is 0 Å². The van der Waals surface area contributed by atoms with Crippen molar-refractivity contribution in [2.24, 2.45) is 0 Å². The lowest BCUT2D eigenvalue weighted by molar-refractivity contribution is 0.438. The molecule has 0 N–H and O–H groups in total. The van der Waals surface area contributed by atoms with Crippen LogP contribution < -0.4 is 14.5 Å². The van der Waals surface area contributed by atoms with Gasteiger partial charge >= 0.3 is 0 Å². The van der Waals surface area contributed by atoms with Crippen LogP contribution in [0.3, 0.4) is 0 Å². The van der Waals surface area contributed by atoms with Crippen LogP contribution in [0.5, 0.6) is 11.5 Å². The molecule has 1 heterocycles. The lowest BCUT2D eigenvalue weighted by Crippen LogP contribution is -2.33. The number of hydrogen-bond acceptors (Lipinski definition) is 3. The van der Waals surface area contributed by atoms with Gasteiger partial charge in [-0.3, -0.25) is 0 Å². The third-order valence-electron chi connectivity index (χ3n) is 20.2. The number of anilines is 6. The summed E-state index contributed by atoms with van der Waals surface area (Å²) in [5.74, 6) is 1.72. The summed E-state index contributed by atoms with van der Waals surface area (Å²) in [6.45, 7) is 4.73. The van der Waals surface area contributed by atoms with Gasteiger partial charge in [-0.15, -0.1) is 0 Å². The number of hydrogen-bond donors (Lipinski definition) is 0. The van der Waals surface area contributed by atoms with Crippen molar-refractivity contribution in [3.05, 3.63) is 372 Å². The van der Waals surface area contributed by atoms with Gasteiger partial charge in [-0.05, 0) is 168 Å². The maximum atomic E-state index is 7.39. The van der Waals surface area contributed by atoms with Gasteiger partial charge in [0.05, 0.1) is 16.8 Å². The summed E-state index contributed by atoms with van der Waals surface area (Å²) in [4.78, 5) is 4.90. The lowest BCUT2D eigenvalue weighted by Gasteiger charge is -2.41. The molecular formula is C89H62N2O. The third kappa shape index (κ3) is 8.15. The number of benzene rings is 14. The molecule has 0 fully saturated rings. The van der Waals surface area contributed by atoms with Crippen LogP contribution in [-0.4, -0.2) is 0 Å². The molecule has 0 radical (unpaired) electrons. The number of ether oxygens (including phenoxy) is 1. The van der Waals surface area contributed by atoms with E-state index in [9.17, 15) is 0 Å². The number of fused-ring (bicyclic) bond motifs is 15. The molecule has 1 spiro atoms. The summed E-state index contributed by atoms with van der Waals surface area (Å²) >= 11 is 0. The van der Waals surface area contributed by atoms with Crippen LogP contribution in [0.2, 0.25) is 0 Å². The molecule has 3 nitrogen and oxygen atoms in total. The second-order valence-electron chi connectivity index (χ2n) is 25.4. The minimum Gasteiger partial charge on any atom is -0.456 e. The van der Waals surface area contributed by atoms with Gasteiger partial charge in [-0.25, -0.2) is 0 Å². The second-order valence-corrected chi connectivity index (χ2v) is 25.4. The summed E-state index contributed by atoms with van der Waals surface area (Å²) in [5, 5.41) is 0. The number of nitrogens with zero attached hydrogens (tertiary/aromatic N) is 2. The first-order chi connectivity index (χ1) is 45.4. The first-order valence-electron chi connectivity index (χ1n) is 32.1. The molecule has 0 amide bonds. The van der Waals surface area contributed by atoms with Crippen molar-refractivity contribution in [2.45, 2.75) is 31.1 Å². The molecule has 14 aromatic carbocycles. The van der Waals surface area contributed by atoms with E-state index >= 15 is 0 Å². The van der Waals surface area contributed by atoms with Gasteiger partial charge in [0.1, 0.15) is 11.5 Å². The molecule has 3 aliphatic carbocycles. The molecular weight excluding hydrogens is 1110 g/mol. The summed E-state index contributed by atoms with van der Waals surface area (Å²) in [6, 6.07) is 121. The van der Waals surface area contributed by atoms with Crippen molar-refractivity contribution < 1.29 is 4.74 Å². The molecule has 1 unspecified atom stereocenters. The Morgan fingerprint density at radius 2 is 0.696 bits per heavy atom. The second kappa shape index (κ2) is 21.1. The van der Waals surface area contributed by atoms with Crippen LogP contribution in [-0.2, 0) is 17.3 Å². The smallest absolute Gasteiger partial charge is 0.140 e. The summed E-state index contributed by atoms with van der Waals surface area (Å²) < 4.78 is 7.39. The Balaban J connectivity index is 0.775. The van der Waals surface area contributed by atoms with Crippen LogP contribution in [0.15, 0.2) is 328 Å². The van der Waals surface area contributed by atoms with Gasteiger partial charge in [0.2, 0.25) is 0 Å². The Kier molecular flexibility index (Phi) is 12.2. The first kappa shape index (κ1) is 53.5. The number of para-hydroxylation sites is 4. The topological polar surface area (TPSA) is 15.7 Å². The Bertz CT molecular complexity index is 5260. The molecule has 0 bridgehead atoms. The summed E-state index contributed by atoms with van der Waals surface area (Å²) in [5.41, 5.74) is 32.7. The first-order valence-corrected chi connectivity index (χ1v) is 32.1. The molecule has 0 saturated carbocycles. The Morgan fingerprint density at radius 1 is 0.272 bits per heavy atom. The van der Waals surface area contributed by atoms with Crippen molar-refractivity contribution in [1.29, 1.82) is 0 Å². The lowest BCUT2D eigenvalue weighted by atomic mass is 9.64. The van der Waals surface area contributed by atoms with Crippen LogP contribution in [0.25, 0.3) is 77.9 Å². The molecule has 1 atom stereocenters. The highest BCUT2D eigenvalue weighted by atomic mass is 16.5. The van der Waals surface area contributed by atoms with Crippen molar-refractivity contribution in [2.75, 3.05) is 9.80 Å². The predicted molar refractivity (Wildman–Crippen MR) is 381 cm³/mol. The fraction of sp³-hybridized carbons (Fsp3) is 0.0562. The van der Waals surface area contributed by atoms with E-state index in [4.69, 9.17) is 4.74 Å². The molecule has 18 rings (SSSR count). The fourth-order valence-electron chi connectivity index (χ4n) is 16.0. The van der Waals surface area contributed by atoms with Crippen molar-refractivity contribution in [3.8, 4) is 89.4 Å². The molecule has 14 aromatic rings. The molecule has 0 aromatic heterocycles. The SMILES string of the molecule is CC1(C)c2ccccc2-c2ccc(N(c3ccc(-c4cccc5c4C4(c6ccccc6Oc6c(-c7ccc(N(c8ccc9c(c8)Cc8ccccc8-9)c8ccccc8-c8ccccc8)cc7)cccc64)c4ccccc4-5)cc3)c3ccccc3-c3ccccc3)cc21. The monoisotopic (exact) mass is 1170 g/mol. The maximum Gasteiger partial charge on any atom is 0.140 e. The minimum atomic E-state index is -0.734. The largest absolute Gasteiger partial charge is 0.456 e. The summed E-state index contributed by atoms with van der Waals surface area (Å²) in [6.07, 6.45) is 0.911. The molecule has 434 valence electrons. The van der Waals surface area contributed by atoms with Crippen molar-refractivity contribution in [1.82, 2.24) is 0 Å². The zero-order valence-electron chi connectivity index (χ0n) is 51.2. The van der Waals surface area contributed by atoms with E-state index in [-0.39, 0.29) is 5.41 Å². The van der Waals surface area contributed by atoms with Crippen LogP contribution >= 0.6 is 0 Å². The molecule has 92 heavy (non-hydrogen) atoms. The van der Waals surface area contributed by atoms with Gasteiger partial charge in [0.15, 0.2) is 0 Å². The van der Waals surface area contributed by atoms with Gasteiger partial charge in [-0.1, -0.05) is 275 Å². The van der Waals surface area contributed by atoms with E-state index in [1.807, 2.05) is 0 Å². The molecule has 0 saturated heterocycles. The molecule has 1 aliphatic heterocycles. The van der Waals surface area contributed by atoms with Crippen molar-refractivity contribution in [3.63, 3.8) is 0 Å². The Labute approximate surface area is 538 Å². The number of rotatable bonds is 10. The quantitative estimate of drug-likeness (QED) is 0.136. The van der Waals surface area contributed by atoms with Crippen LogP contribution in [0.4, 0.5) is 34.1 Å². The van der Waals surface area contributed by atoms with E-state index in [2.05, 4.69) is 351 Å². The van der Waals surface area contributed by atoms with Gasteiger partial charge in [0.25, 0.3) is 0 Å². The van der Waals surface area contributed by atoms with Crippen LogP contribution in [0.1, 0.15) is 58.4 Å². The highest BCUT2D eigenvalue weighted by Gasteiger charge is 2.53. The van der Waals surface area contributed by atoms with E-state index in [0.717, 1.165) is 79.9 Å². The van der Waals surface area contributed by atoms with Crippen LogP contribution in [0, 0.1) is 0 Å². The van der Waals surface area contributed by atoms with E-state index < -0.39 is 5.41 Å². The predicted octanol–water partition coefficient (Wildman–Crippen LogP) is 23.6. The normalized spacial score (nSPS) is 14.6. The molecule has 3 heteroatoms. The maximum absolute atomic E-state index is 7.39. The average molecular weight is 1180 g/mol. The zero-order valence-corrected chi connectivity index (χ0v) is 51.2. The van der Waals surface area contributed by atoms with Crippen molar-refractivity contribution >= 4 is 34.1 Å².